The van der Waals surface area contributed by atoms with Crippen molar-refractivity contribution < 1.29 is 9.47 Å². The Hall–Kier alpha value is -2.80. The lowest BCUT2D eigenvalue weighted by atomic mass is 10.2. The van der Waals surface area contributed by atoms with Crippen LogP contribution in [0, 0.1) is 6.92 Å². The SMILES string of the molecule is COc1ccc(CNc2nc3ccc(Br)cc3n3cnc(C)c23)c(OC)c1. The maximum Gasteiger partial charge on any atom is 0.153 e. The molecule has 0 bridgehead atoms. The van der Waals surface area contributed by atoms with Gasteiger partial charge in [0.2, 0.25) is 0 Å². The molecule has 0 saturated carbocycles. The Labute approximate surface area is 165 Å². The lowest BCUT2D eigenvalue weighted by Gasteiger charge is -2.14. The van der Waals surface area contributed by atoms with E-state index in [1.54, 1.807) is 14.2 Å². The molecule has 0 aliphatic carbocycles. The summed E-state index contributed by atoms with van der Waals surface area (Å²) in [4.78, 5) is 9.30. The van der Waals surface area contributed by atoms with Gasteiger partial charge in [-0.15, -0.1) is 0 Å². The first kappa shape index (κ1) is 17.6. The minimum absolute atomic E-state index is 0.572. The van der Waals surface area contributed by atoms with Crippen molar-refractivity contribution in [2.45, 2.75) is 13.5 Å². The highest BCUT2D eigenvalue weighted by atomic mass is 79.9. The quantitative estimate of drug-likeness (QED) is 0.505. The molecule has 0 aliphatic heterocycles. The molecule has 0 fully saturated rings. The molecule has 138 valence electrons. The van der Waals surface area contributed by atoms with Crippen LogP contribution in [0.3, 0.4) is 0 Å². The van der Waals surface area contributed by atoms with Gasteiger partial charge in [-0.2, -0.15) is 0 Å². The van der Waals surface area contributed by atoms with Crippen molar-refractivity contribution in [3.63, 3.8) is 0 Å². The standard InChI is InChI=1S/C20H19BrN4O2/c1-12-19-20(22-10-13-4-6-15(26-2)9-18(13)27-3)24-16-7-5-14(21)8-17(16)25(19)11-23-12/h4-9,11H,10H2,1-3H3,(H,22,24). The molecule has 0 saturated heterocycles. The minimum Gasteiger partial charge on any atom is -0.497 e. The third-order valence-electron chi connectivity index (χ3n) is 4.54. The molecule has 6 nitrogen and oxygen atoms in total. The van der Waals surface area contributed by atoms with Crippen LogP contribution >= 0.6 is 15.9 Å². The molecule has 27 heavy (non-hydrogen) atoms. The topological polar surface area (TPSA) is 60.7 Å². The summed E-state index contributed by atoms with van der Waals surface area (Å²) in [6, 6.07) is 11.8. The first-order valence-electron chi connectivity index (χ1n) is 8.48. The van der Waals surface area contributed by atoms with Crippen LogP contribution in [0.25, 0.3) is 16.6 Å². The van der Waals surface area contributed by atoms with Crippen LogP contribution in [0.4, 0.5) is 5.82 Å². The van der Waals surface area contributed by atoms with Crippen LogP contribution in [-0.2, 0) is 6.54 Å². The molecular weight excluding hydrogens is 408 g/mol. The molecular formula is C20H19BrN4O2. The van der Waals surface area contributed by atoms with Gasteiger partial charge in [-0.05, 0) is 37.3 Å². The number of benzene rings is 2. The number of aryl methyl sites for hydroxylation is 1. The van der Waals surface area contributed by atoms with Gasteiger partial charge in [0.1, 0.15) is 23.3 Å². The second-order valence-electron chi connectivity index (χ2n) is 6.17. The molecule has 0 atom stereocenters. The van der Waals surface area contributed by atoms with Crippen molar-refractivity contribution in [3.8, 4) is 11.5 Å². The number of nitrogens with one attached hydrogen (secondary N) is 1. The summed E-state index contributed by atoms with van der Waals surface area (Å²) in [6.45, 7) is 2.56. The van der Waals surface area contributed by atoms with E-state index in [1.165, 1.54) is 0 Å². The third kappa shape index (κ3) is 3.19. The van der Waals surface area contributed by atoms with E-state index in [4.69, 9.17) is 14.5 Å². The second kappa shape index (κ2) is 7.08. The minimum atomic E-state index is 0.572. The van der Waals surface area contributed by atoms with E-state index < -0.39 is 0 Å². The van der Waals surface area contributed by atoms with Crippen LogP contribution in [0.15, 0.2) is 47.2 Å². The number of methoxy groups -OCH3 is 2. The number of hydrogen-bond donors (Lipinski definition) is 1. The lowest BCUT2D eigenvalue weighted by Crippen LogP contribution is -2.06. The van der Waals surface area contributed by atoms with Gasteiger partial charge in [0.05, 0.1) is 30.9 Å². The summed E-state index contributed by atoms with van der Waals surface area (Å²) in [5.74, 6) is 2.32. The summed E-state index contributed by atoms with van der Waals surface area (Å²) in [5, 5.41) is 3.45. The Morgan fingerprint density at radius 2 is 1.96 bits per heavy atom. The Morgan fingerprint density at radius 3 is 2.74 bits per heavy atom. The predicted molar refractivity (Wildman–Crippen MR) is 110 cm³/mol. The third-order valence-corrected chi connectivity index (χ3v) is 5.04. The van der Waals surface area contributed by atoms with E-state index in [2.05, 4.69) is 30.6 Å². The van der Waals surface area contributed by atoms with Gasteiger partial charge >= 0.3 is 0 Å². The van der Waals surface area contributed by atoms with E-state index in [1.807, 2.05) is 49.6 Å². The van der Waals surface area contributed by atoms with Gasteiger partial charge < -0.3 is 14.8 Å². The monoisotopic (exact) mass is 426 g/mol. The average molecular weight is 427 g/mol. The lowest BCUT2D eigenvalue weighted by molar-refractivity contribution is 0.391. The van der Waals surface area contributed by atoms with Crippen LogP contribution in [0.5, 0.6) is 11.5 Å². The molecule has 0 aliphatic rings. The number of anilines is 1. The van der Waals surface area contributed by atoms with Crippen molar-refractivity contribution in [1.29, 1.82) is 0 Å². The summed E-state index contributed by atoms with van der Waals surface area (Å²) < 4.78 is 13.8. The zero-order chi connectivity index (χ0) is 19.0. The number of halogens is 1. The van der Waals surface area contributed by atoms with Crippen LogP contribution in [-0.4, -0.2) is 28.6 Å². The Morgan fingerprint density at radius 1 is 1.11 bits per heavy atom. The second-order valence-corrected chi connectivity index (χ2v) is 7.09. The smallest absolute Gasteiger partial charge is 0.153 e. The molecule has 2 aromatic heterocycles. The molecule has 2 heterocycles. The Kier molecular flexibility index (Phi) is 4.61. The molecule has 4 rings (SSSR count). The van der Waals surface area contributed by atoms with Crippen LogP contribution in [0.2, 0.25) is 0 Å². The Bertz CT molecular complexity index is 1140. The first-order chi connectivity index (χ1) is 13.1. The number of nitrogens with zero attached hydrogens (tertiary/aromatic N) is 3. The number of fused-ring (bicyclic) bond motifs is 3. The normalized spacial score (nSPS) is 11.1. The van der Waals surface area contributed by atoms with Crippen molar-refractivity contribution in [3.05, 3.63) is 58.5 Å². The highest BCUT2D eigenvalue weighted by Gasteiger charge is 2.13. The fourth-order valence-electron chi connectivity index (χ4n) is 3.16. The molecule has 0 unspecified atom stereocenters. The predicted octanol–water partition coefficient (Wildman–Crippen LogP) is 4.58. The Balaban J connectivity index is 1.75. The van der Waals surface area contributed by atoms with Gasteiger partial charge in [-0.1, -0.05) is 15.9 Å². The maximum absolute atomic E-state index is 5.49. The fraction of sp³-hybridized carbons (Fsp3) is 0.200. The summed E-state index contributed by atoms with van der Waals surface area (Å²) in [7, 11) is 3.30. The molecule has 2 aromatic carbocycles. The van der Waals surface area contributed by atoms with Gasteiger partial charge in [-0.25, -0.2) is 9.97 Å². The summed E-state index contributed by atoms with van der Waals surface area (Å²) in [6.07, 6.45) is 1.83. The zero-order valence-corrected chi connectivity index (χ0v) is 16.9. The number of aromatic nitrogens is 3. The van der Waals surface area contributed by atoms with Crippen molar-refractivity contribution in [2.75, 3.05) is 19.5 Å². The van der Waals surface area contributed by atoms with E-state index in [0.717, 1.165) is 49.6 Å². The van der Waals surface area contributed by atoms with Crippen LogP contribution < -0.4 is 14.8 Å². The summed E-state index contributed by atoms with van der Waals surface area (Å²) in [5.41, 5.74) is 4.81. The number of rotatable bonds is 5. The average Bonchev–Trinajstić information content (AvgIpc) is 3.08. The van der Waals surface area contributed by atoms with E-state index in [-0.39, 0.29) is 0 Å². The maximum atomic E-state index is 5.49. The van der Waals surface area contributed by atoms with Gasteiger partial charge in [0.15, 0.2) is 5.82 Å². The number of hydrogen-bond acceptors (Lipinski definition) is 5. The highest BCUT2D eigenvalue weighted by Crippen LogP contribution is 2.29. The molecule has 1 N–H and O–H groups in total. The van der Waals surface area contributed by atoms with Gasteiger partial charge in [-0.3, -0.25) is 4.40 Å². The van der Waals surface area contributed by atoms with Crippen molar-refractivity contribution >= 4 is 38.3 Å². The molecule has 7 heteroatoms. The molecule has 4 aromatic rings. The van der Waals surface area contributed by atoms with E-state index in [0.29, 0.717) is 6.54 Å². The summed E-state index contributed by atoms with van der Waals surface area (Å²) >= 11 is 3.53. The van der Waals surface area contributed by atoms with Gasteiger partial charge in [0.25, 0.3) is 0 Å². The van der Waals surface area contributed by atoms with Gasteiger partial charge in [0, 0.05) is 22.6 Å². The molecule has 0 spiro atoms. The number of imidazole rings is 1. The van der Waals surface area contributed by atoms with Crippen LogP contribution in [0.1, 0.15) is 11.3 Å². The largest absolute Gasteiger partial charge is 0.497 e. The zero-order valence-electron chi connectivity index (χ0n) is 15.3. The van der Waals surface area contributed by atoms with E-state index >= 15 is 0 Å². The number of ether oxygens (including phenoxy) is 2. The highest BCUT2D eigenvalue weighted by molar-refractivity contribution is 9.10. The van der Waals surface area contributed by atoms with E-state index in [9.17, 15) is 0 Å². The molecule has 0 amide bonds. The first-order valence-corrected chi connectivity index (χ1v) is 9.27. The van der Waals surface area contributed by atoms with Crippen molar-refractivity contribution in [2.24, 2.45) is 0 Å². The van der Waals surface area contributed by atoms with Crippen molar-refractivity contribution in [1.82, 2.24) is 14.4 Å². The molecule has 0 radical (unpaired) electrons. The fourth-order valence-corrected chi connectivity index (χ4v) is 3.51.